The Morgan fingerprint density at radius 3 is 2.66 bits per heavy atom. The molecule has 1 N–H and O–H groups in total. The van der Waals surface area contributed by atoms with Crippen molar-refractivity contribution in [1.82, 2.24) is 4.57 Å². The number of aromatic nitrogens is 1. The van der Waals surface area contributed by atoms with E-state index in [4.69, 9.17) is 16.3 Å². The highest BCUT2D eigenvalue weighted by molar-refractivity contribution is 6.31. The molecule has 0 aromatic heterocycles. The van der Waals surface area contributed by atoms with Gasteiger partial charge < -0.3 is 14.6 Å². The number of nitrogens with zero attached hydrogens (tertiary/aromatic N) is 2. The highest BCUT2D eigenvalue weighted by Crippen LogP contribution is 2.40. The Labute approximate surface area is 172 Å². The van der Waals surface area contributed by atoms with Crippen LogP contribution in [0.5, 0.6) is 5.75 Å². The molecule has 0 bridgehead atoms. The molecule has 2 heterocycles. The van der Waals surface area contributed by atoms with E-state index < -0.39 is 0 Å². The number of pyridine rings is 1. The summed E-state index contributed by atoms with van der Waals surface area (Å²) in [6.45, 7) is 1.47. The number of halogens is 1. The molecule has 2 aromatic rings. The van der Waals surface area contributed by atoms with Gasteiger partial charge in [-0.25, -0.2) is 0 Å². The molecular weight excluding hydrogens is 386 g/mol. The molecule has 6 heteroatoms. The van der Waals surface area contributed by atoms with Gasteiger partial charge in [0.1, 0.15) is 17.6 Å². The van der Waals surface area contributed by atoms with Crippen LogP contribution in [0.25, 0.3) is 33.2 Å². The third kappa shape index (κ3) is 2.57. The average molecular weight is 402 g/mol. The first-order valence-electron chi connectivity index (χ1n) is 9.23. The minimum atomic E-state index is -0.0925. The van der Waals surface area contributed by atoms with Gasteiger partial charge in [-0.05, 0) is 54.1 Å². The third-order valence-electron chi connectivity index (χ3n) is 5.47. The summed E-state index contributed by atoms with van der Waals surface area (Å²) in [5.41, 5.74) is 3.48. The summed E-state index contributed by atoms with van der Waals surface area (Å²) in [6, 6.07) is 17.1. The summed E-state index contributed by atoms with van der Waals surface area (Å²) >= 11 is 6.16. The average Bonchev–Trinajstić information content (AvgIpc) is 3.23. The van der Waals surface area contributed by atoms with Gasteiger partial charge in [0.2, 0.25) is 0 Å². The molecule has 0 fully saturated rings. The van der Waals surface area contributed by atoms with Crippen molar-refractivity contribution in [1.29, 1.82) is 5.26 Å². The number of nitriles is 1. The summed E-state index contributed by atoms with van der Waals surface area (Å²) in [4.78, 5) is 13.3. The molecule has 5 nitrogen and oxygen atoms in total. The van der Waals surface area contributed by atoms with Crippen molar-refractivity contribution in [3.05, 3.63) is 69.3 Å². The van der Waals surface area contributed by atoms with E-state index in [0.717, 1.165) is 35.9 Å². The predicted molar refractivity (Wildman–Crippen MR) is 115 cm³/mol. The summed E-state index contributed by atoms with van der Waals surface area (Å²) in [5, 5.41) is 14.9. The maximum atomic E-state index is 13.3. The number of anilines is 1. The summed E-state index contributed by atoms with van der Waals surface area (Å²) in [7, 11) is 1.63. The lowest BCUT2D eigenvalue weighted by molar-refractivity contribution is 0.415. The molecule has 3 aliphatic rings. The van der Waals surface area contributed by atoms with Crippen molar-refractivity contribution in [2.45, 2.75) is 6.54 Å². The van der Waals surface area contributed by atoms with Crippen LogP contribution >= 0.6 is 11.6 Å². The molecular formula is C23H16ClN3O2. The van der Waals surface area contributed by atoms with Gasteiger partial charge in [-0.15, -0.1) is 0 Å². The molecule has 2 aromatic carbocycles. The first-order valence-corrected chi connectivity index (χ1v) is 9.61. The predicted octanol–water partition coefficient (Wildman–Crippen LogP) is 4.73. The lowest BCUT2D eigenvalue weighted by atomic mass is 9.90. The number of rotatable bonds is 2. The third-order valence-corrected chi connectivity index (χ3v) is 5.70. The van der Waals surface area contributed by atoms with Crippen LogP contribution in [0.2, 0.25) is 5.02 Å². The van der Waals surface area contributed by atoms with Crippen LogP contribution in [0.15, 0.2) is 53.3 Å². The highest BCUT2D eigenvalue weighted by atomic mass is 35.5. The van der Waals surface area contributed by atoms with Gasteiger partial charge >= 0.3 is 0 Å². The van der Waals surface area contributed by atoms with Gasteiger partial charge in [0.15, 0.2) is 5.43 Å². The maximum Gasteiger partial charge on any atom is 0.197 e. The van der Waals surface area contributed by atoms with E-state index in [9.17, 15) is 10.1 Å². The monoisotopic (exact) mass is 401 g/mol. The zero-order chi connectivity index (χ0) is 20.1. The second kappa shape index (κ2) is 6.54. The fourth-order valence-electron chi connectivity index (χ4n) is 4.12. The van der Waals surface area contributed by atoms with Gasteiger partial charge in [0, 0.05) is 34.4 Å². The Morgan fingerprint density at radius 1 is 1.14 bits per heavy atom. The van der Waals surface area contributed by atoms with Crippen molar-refractivity contribution in [2.24, 2.45) is 0 Å². The van der Waals surface area contributed by atoms with Crippen LogP contribution < -0.4 is 15.5 Å². The van der Waals surface area contributed by atoms with Crippen molar-refractivity contribution in [3.63, 3.8) is 0 Å². The molecule has 142 valence electrons. The molecule has 0 radical (unpaired) electrons. The SMILES string of the molecule is COc1ccc(-c2cc3c(C#N)c4cc(Cl)ccc4c(=O)c-3c3n2CCN3)cc1. The first kappa shape index (κ1) is 17.6. The zero-order valence-corrected chi connectivity index (χ0v) is 16.4. The molecule has 2 aliphatic heterocycles. The Bertz CT molecular complexity index is 1350. The van der Waals surface area contributed by atoms with E-state index in [1.165, 1.54) is 0 Å². The first-order chi connectivity index (χ1) is 14.1. The zero-order valence-electron chi connectivity index (χ0n) is 15.6. The topological polar surface area (TPSA) is 67.0 Å². The van der Waals surface area contributed by atoms with E-state index in [2.05, 4.69) is 16.0 Å². The van der Waals surface area contributed by atoms with Crippen molar-refractivity contribution < 1.29 is 4.74 Å². The Balaban J connectivity index is 1.92. The fourth-order valence-corrected chi connectivity index (χ4v) is 4.29. The van der Waals surface area contributed by atoms with E-state index in [-0.39, 0.29) is 5.43 Å². The van der Waals surface area contributed by atoms with E-state index in [0.29, 0.717) is 32.5 Å². The van der Waals surface area contributed by atoms with Gasteiger partial charge in [-0.2, -0.15) is 5.26 Å². The normalized spacial score (nSPS) is 12.6. The van der Waals surface area contributed by atoms with E-state index in [1.807, 2.05) is 30.3 Å². The van der Waals surface area contributed by atoms with Gasteiger partial charge in [0.25, 0.3) is 0 Å². The number of hydrogen-bond donors (Lipinski definition) is 1. The van der Waals surface area contributed by atoms with Gasteiger partial charge in [-0.3, -0.25) is 4.79 Å². The second-order valence-electron chi connectivity index (χ2n) is 6.98. The molecule has 0 saturated heterocycles. The molecule has 0 atom stereocenters. The molecule has 0 amide bonds. The molecule has 0 saturated carbocycles. The standard InChI is InChI=1S/C23H16ClN3O2/c1-29-15-5-2-13(3-6-15)20-11-18-19(12-25)17-10-14(24)4-7-16(17)22(28)21(18)23-26-8-9-27(20)23/h2-7,10-11,26H,8-9H2,1H3. The molecule has 0 spiro atoms. The maximum absolute atomic E-state index is 13.3. The second-order valence-corrected chi connectivity index (χ2v) is 7.42. The minimum Gasteiger partial charge on any atom is -0.497 e. The smallest absolute Gasteiger partial charge is 0.197 e. The van der Waals surface area contributed by atoms with Crippen molar-refractivity contribution in [3.8, 4) is 34.2 Å². The van der Waals surface area contributed by atoms with E-state index >= 15 is 0 Å². The molecule has 1 aliphatic carbocycles. The summed E-state index contributed by atoms with van der Waals surface area (Å²) in [5.74, 6) is 1.53. The van der Waals surface area contributed by atoms with Crippen LogP contribution in [0.3, 0.4) is 0 Å². The largest absolute Gasteiger partial charge is 0.497 e. The number of fused-ring (bicyclic) bond motifs is 4. The minimum absolute atomic E-state index is 0.0925. The Morgan fingerprint density at radius 2 is 1.93 bits per heavy atom. The molecule has 0 unspecified atom stereocenters. The Kier molecular flexibility index (Phi) is 3.97. The van der Waals surface area contributed by atoms with Crippen LogP contribution in [-0.4, -0.2) is 18.2 Å². The lowest BCUT2D eigenvalue weighted by Gasteiger charge is -2.20. The van der Waals surface area contributed by atoms with Crippen LogP contribution in [0.1, 0.15) is 5.56 Å². The summed E-state index contributed by atoms with van der Waals surface area (Å²) in [6.07, 6.45) is 0. The van der Waals surface area contributed by atoms with Crippen LogP contribution in [0.4, 0.5) is 5.82 Å². The van der Waals surface area contributed by atoms with Gasteiger partial charge in [-0.1, -0.05) is 11.6 Å². The lowest BCUT2D eigenvalue weighted by Crippen LogP contribution is -2.14. The Hall–Kier alpha value is -3.49. The number of ether oxygens (including phenoxy) is 1. The van der Waals surface area contributed by atoms with Gasteiger partial charge in [0.05, 0.1) is 23.9 Å². The summed E-state index contributed by atoms with van der Waals surface area (Å²) < 4.78 is 7.37. The van der Waals surface area contributed by atoms with Crippen LogP contribution in [0, 0.1) is 11.3 Å². The fraction of sp³-hybridized carbons (Fsp3) is 0.130. The number of nitrogens with one attached hydrogen (secondary N) is 1. The van der Waals surface area contributed by atoms with Crippen molar-refractivity contribution >= 4 is 28.2 Å². The van der Waals surface area contributed by atoms with Crippen molar-refractivity contribution in [2.75, 3.05) is 19.0 Å². The van der Waals surface area contributed by atoms with Crippen LogP contribution in [-0.2, 0) is 6.54 Å². The molecule has 5 rings (SSSR count). The van der Waals surface area contributed by atoms with E-state index in [1.54, 1.807) is 25.3 Å². The number of methoxy groups -OCH3 is 1. The quantitative estimate of drug-likeness (QED) is 0.493. The molecule has 29 heavy (non-hydrogen) atoms. The highest BCUT2D eigenvalue weighted by Gasteiger charge is 2.27. The number of hydrogen-bond acceptors (Lipinski definition) is 4. The number of benzene rings is 3.